The van der Waals surface area contributed by atoms with E-state index in [0.29, 0.717) is 5.56 Å². The van der Waals surface area contributed by atoms with E-state index in [4.69, 9.17) is 20.5 Å². The van der Waals surface area contributed by atoms with Gasteiger partial charge in [-0.15, -0.1) is 0 Å². The molecular formula is C16H21N3O4. The van der Waals surface area contributed by atoms with Crippen LogP contribution in [-0.4, -0.2) is 24.3 Å². The smallest absolute Gasteiger partial charge is 0.408 e. The first-order chi connectivity index (χ1) is 10.7. The number of hydrogen-bond acceptors (Lipinski definition) is 6. The van der Waals surface area contributed by atoms with E-state index in [0.717, 1.165) is 0 Å². The van der Waals surface area contributed by atoms with Gasteiger partial charge in [-0.3, -0.25) is 0 Å². The van der Waals surface area contributed by atoms with E-state index in [-0.39, 0.29) is 17.9 Å². The van der Waals surface area contributed by atoms with Gasteiger partial charge in [0.1, 0.15) is 5.60 Å². The zero-order valence-corrected chi connectivity index (χ0v) is 13.7. The largest absolute Gasteiger partial charge is 0.464 e. The van der Waals surface area contributed by atoms with Crippen LogP contribution < -0.4 is 11.1 Å². The number of hydrogen-bond donors (Lipinski definition) is 2. The standard InChI is InChI=1S/C16H21N3O4/c1-5-22-14(20)13(19-15(21)23-16(2,3)4)11-8-10(9-17)6-7-12(11)18/h6-8,13H,5,18H2,1-4H3,(H,19,21). The number of anilines is 1. The van der Waals surface area contributed by atoms with E-state index in [2.05, 4.69) is 5.32 Å². The molecule has 1 atom stereocenters. The van der Waals surface area contributed by atoms with Crippen molar-refractivity contribution in [1.29, 1.82) is 5.26 Å². The number of carbonyl (C=O) groups excluding carboxylic acids is 2. The second kappa shape index (κ2) is 7.49. The van der Waals surface area contributed by atoms with Gasteiger partial charge < -0.3 is 20.5 Å². The molecule has 0 aliphatic heterocycles. The first kappa shape index (κ1) is 18.3. The van der Waals surface area contributed by atoms with Gasteiger partial charge in [0.15, 0.2) is 6.04 Å². The van der Waals surface area contributed by atoms with Crippen molar-refractivity contribution in [2.24, 2.45) is 0 Å². The second-order valence-electron chi connectivity index (χ2n) is 5.79. The molecule has 1 rings (SSSR count). The lowest BCUT2D eigenvalue weighted by Gasteiger charge is -2.23. The highest BCUT2D eigenvalue weighted by molar-refractivity contribution is 5.84. The fraction of sp³-hybridized carbons (Fsp3) is 0.438. The molecule has 0 saturated carbocycles. The Morgan fingerprint density at radius 1 is 1.39 bits per heavy atom. The molecule has 1 aromatic carbocycles. The highest BCUT2D eigenvalue weighted by Gasteiger charge is 2.28. The molecular weight excluding hydrogens is 298 g/mol. The summed E-state index contributed by atoms with van der Waals surface area (Å²) in [6.07, 6.45) is -0.780. The number of ether oxygens (including phenoxy) is 2. The minimum Gasteiger partial charge on any atom is -0.464 e. The van der Waals surface area contributed by atoms with Crippen molar-refractivity contribution in [1.82, 2.24) is 5.32 Å². The molecule has 1 aromatic rings. The number of esters is 1. The number of alkyl carbamates (subject to hydrolysis) is 1. The van der Waals surface area contributed by atoms with Gasteiger partial charge in [0.2, 0.25) is 0 Å². The summed E-state index contributed by atoms with van der Waals surface area (Å²) in [7, 11) is 0. The van der Waals surface area contributed by atoms with Crippen molar-refractivity contribution >= 4 is 17.7 Å². The van der Waals surface area contributed by atoms with Crippen molar-refractivity contribution in [2.45, 2.75) is 39.3 Å². The average Bonchev–Trinajstić information content (AvgIpc) is 2.44. The number of carbonyl (C=O) groups is 2. The van der Waals surface area contributed by atoms with Crippen LogP contribution in [0.4, 0.5) is 10.5 Å². The summed E-state index contributed by atoms with van der Waals surface area (Å²) in [6.45, 7) is 6.91. The maximum absolute atomic E-state index is 12.2. The second-order valence-corrected chi connectivity index (χ2v) is 5.79. The highest BCUT2D eigenvalue weighted by atomic mass is 16.6. The molecule has 124 valence electrons. The summed E-state index contributed by atoms with van der Waals surface area (Å²) in [6, 6.07) is 5.26. The Morgan fingerprint density at radius 2 is 2.04 bits per heavy atom. The van der Waals surface area contributed by atoms with E-state index in [1.807, 2.05) is 6.07 Å². The van der Waals surface area contributed by atoms with Crippen LogP contribution in [0.25, 0.3) is 0 Å². The number of nitriles is 1. The number of nitrogens with two attached hydrogens (primary N) is 1. The SMILES string of the molecule is CCOC(=O)C(NC(=O)OC(C)(C)C)c1cc(C#N)ccc1N. The molecule has 1 unspecified atom stereocenters. The Kier molecular flexibility index (Phi) is 5.96. The Labute approximate surface area is 135 Å². The zero-order chi connectivity index (χ0) is 17.6. The molecule has 1 amide bonds. The van der Waals surface area contributed by atoms with Crippen LogP contribution >= 0.6 is 0 Å². The highest BCUT2D eigenvalue weighted by Crippen LogP contribution is 2.24. The number of benzene rings is 1. The van der Waals surface area contributed by atoms with E-state index >= 15 is 0 Å². The van der Waals surface area contributed by atoms with E-state index in [1.54, 1.807) is 27.7 Å². The molecule has 23 heavy (non-hydrogen) atoms. The van der Waals surface area contributed by atoms with Crippen molar-refractivity contribution in [3.05, 3.63) is 29.3 Å². The zero-order valence-electron chi connectivity index (χ0n) is 13.7. The fourth-order valence-corrected chi connectivity index (χ4v) is 1.81. The Balaban J connectivity index is 3.14. The molecule has 7 heteroatoms. The lowest BCUT2D eigenvalue weighted by Crippen LogP contribution is -2.39. The molecule has 0 heterocycles. The van der Waals surface area contributed by atoms with Gasteiger partial charge in [-0.25, -0.2) is 9.59 Å². The van der Waals surface area contributed by atoms with Gasteiger partial charge in [0.25, 0.3) is 0 Å². The van der Waals surface area contributed by atoms with Gasteiger partial charge in [-0.1, -0.05) is 0 Å². The van der Waals surface area contributed by atoms with Crippen molar-refractivity contribution in [2.75, 3.05) is 12.3 Å². The van der Waals surface area contributed by atoms with Gasteiger partial charge in [0.05, 0.1) is 18.2 Å². The fourth-order valence-electron chi connectivity index (χ4n) is 1.81. The van der Waals surface area contributed by atoms with Crippen LogP contribution in [0.3, 0.4) is 0 Å². The maximum atomic E-state index is 12.2. The van der Waals surface area contributed by atoms with E-state index in [1.165, 1.54) is 18.2 Å². The minimum absolute atomic E-state index is 0.142. The average molecular weight is 319 g/mol. The minimum atomic E-state index is -1.15. The Morgan fingerprint density at radius 3 is 2.57 bits per heavy atom. The van der Waals surface area contributed by atoms with Crippen molar-refractivity contribution in [3.63, 3.8) is 0 Å². The quantitative estimate of drug-likeness (QED) is 0.650. The van der Waals surface area contributed by atoms with Crippen LogP contribution in [0.1, 0.15) is 44.9 Å². The maximum Gasteiger partial charge on any atom is 0.408 e. The third-order valence-corrected chi connectivity index (χ3v) is 2.71. The van der Waals surface area contributed by atoms with Gasteiger partial charge in [0, 0.05) is 11.3 Å². The van der Waals surface area contributed by atoms with Crippen LogP contribution in [-0.2, 0) is 14.3 Å². The number of amides is 1. The van der Waals surface area contributed by atoms with Crippen LogP contribution in [0, 0.1) is 11.3 Å². The van der Waals surface area contributed by atoms with Crippen molar-refractivity contribution < 1.29 is 19.1 Å². The first-order valence-corrected chi connectivity index (χ1v) is 7.13. The molecule has 0 spiro atoms. The van der Waals surface area contributed by atoms with Crippen LogP contribution in [0.2, 0.25) is 0 Å². The molecule has 0 aliphatic rings. The third kappa shape index (κ3) is 5.51. The third-order valence-electron chi connectivity index (χ3n) is 2.71. The van der Waals surface area contributed by atoms with Crippen LogP contribution in [0.5, 0.6) is 0 Å². The normalized spacial score (nSPS) is 12.0. The molecule has 0 bridgehead atoms. The van der Waals surface area contributed by atoms with Gasteiger partial charge >= 0.3 is 12.1 Å². The molecule has 0 aromatic heterocycles. The number of nitrogens with zero attached hydrogens (tertiary/aromatic N) is 1. The lowest BCUT2D eigenvalue weighted by atomic mass is 10.0. The lowest BCUT2D eigenvalue weighted by molar-refractivity contribution is -0.145. The topological polar surface area (TPSA) is 114 Å². The number of nitrogen functional groups attached to an aromatic ring is 1. The Bertz CT molecular complexity index is 629. The number of nitrogens with one attached hydrogen (secondary N) is 1. The van der Waals surface area contributed by atoms with Crippen molar-refractivity contribution in [3.8, 4) is 6.07 Å². The van der Waals surface area contributed by atoms with Gasteiger partial charge in [-0.2, -0.15) is 5.26 Å². The summed E-state index contributed by atoms with van der Waals surface area (Å²) < 4.78 is 10.1. The summed E-state index contributed by atoms with van der Waals surface area (Å²) in [5.74, 6) is -0.680. The summed E-state index contributed by atoms with van der Waals surface area (Å²) in [4.78, 5) is 24.1. The summed E-state index contributed by atoms with van der Waals surface area (Å²) >= 11 is 0. The molecule has 0 saturated heterocycles. The summed E-state index contributed by atoms with van der Waals surface area (Å²) in [5, 5.41) is 11.4. The Hall–Kier alpha value is -2.75. The van der Waals surface area contributed by atoms with E-state index in [9.17, 15) is 9.59 Å². The monoisotopic (exact) mass is 319 g/mol. The summed E-state index contributed by atoms with van der Waals surface area (Å²) in [5.41, 5.74) is 6.02. The first-order valence-electron chi connectivity index (χ1n) is 7.13. The molecule has 0 radical (unpaired) electrons. The van der Waals surface area contributed by atoms with Crippen LogP contribution in [0.15, 0.2) is 18.2 Å². The molecule has 3 N–H and O–H groups in total. The molecule has 0 aliphatic carbocycles. The van der Waals surface area contributed by atoms with E-state index < -0.39 is 23.7 Å². The predicted molar refractivity (Wildman–Crippen MR) is 84.3 cm³/mol. The number of rotatable bonds is 4. The molecule has 7 nitrogen and oxygen atoms in total. The predicted octanol–water partition coefficient (Wildman–Crippen LogP) is 2.27. The van der Waals surface area contributed by atoms with Gasteiger partial charge in [-0.05, 0) is 45.9 Å². The molecule has 0 fully saturated rings.